The smallest absolute Gasteiger partial charge is 0.337 e. The van der Waals surface area contributed by atoms with Crippen LogP contribution in [0.5, 0.6) is 5.75 Å². The lowest BCUT2D eigenvalue weighted by Crippen LogP contribution is -2.04. The van der Waals surface area contributed by atoms with E-state index in [0.717, 1.165) is 16.7 Å². The van der Waals surface area contributed by atoms with Gasteiger partial charge in [0.2, 0.25) is 0 Å². The maximum absolute atomic E-state index is 12.1. The van der Waals surface area contributed by atoms with Crippen LogP contribution < -0.4 is 10.5 Å². The van der Waals surface area contributed by atoms with Crippen molar-refractivity contribution in [3.8, 4) is 16.9 Å². The van der Waals surface area contributed by atoms with Crippen LogP contribution in [0.25, 0.3) is 16.0 Å². The molecule has 27 heavy (non-hydrogen) atoms. The molecule has 0 aliphatic rings. The van der Waals surface area contributed by atoms with E-state index in [2.05, 4.69) is 4.85 Å². The van der Waals surface area contributed by atoms with E-state index in [1.54, 1.807) is 36.4 Å². The predicted octanol–water partition coefficient (Wildman–Crippen LogP) is 4.85. The highest BCUT2D eigenvalue weighted by atomic mass is 16.5. The Morgan fingerprint density at radius 2 is 1.85 bits per heavy atom. The van der Waals surface area contributed by atoms with Crippen LogP contribution in [-0.4, -0.2) is 13.1 Å². The number of methoxy groups -OCH3 is 1. The molecule has 0 aromatic heterocycles. The van der Waals surface area contributed by atoms with Gasteiger partial charge >= 0.3 is 5.97 Å². The molecule has 0 spiro atoms. The summed E-state index contributed by atoms with van der Waals surface area (Å²) in [6.07, 6.45) is 0. The number of carbonyl (C=O) groups excluding carboxylic acids is 1. The zero-order valence-corrected chi connectivity index (χ0v) is 14.8. The number of carbonyl (C=O) groups is 1. The summed E-state index contributed by atoms with van der Waals surface area (Å²) >= 11 is 0. The molecular formula is C22H18N2O3. The highest BCUT2D eigenvalue weighted by Gasteiger charge is 2.11. The van der Waals surface area contributed by atoms with Gasteiger partial charge in [0, 0.05) is 11.8 Å². The minimum Gasteiger partial charge on any atom is -0.489 e. The highest BCUT2D eigenvalue weighted by Crippen LogP contribution is 2.27. The van der Waals surface area contributed by atoms with Gasteiger partial charge in [0.1, 0.15) is 12.4 Å². The van der Waals surface area contributed by atoms with Crippen molar-refractivity contribution in [1.82, 2.24) is 0 Å². The first-order chi connectivity index (χ1) is 13.1. The summed E-state index contributed by atoms with van der Waals surface area (Å²) in [7, 11) is 1.34. The Kier molecular flexibility index (Phi) is 5.38. The number of hydrogen-bond donors (Lipinski definition) is 1. The van der Waals surface area contributed by atoms with Gasteiger partial charge in [-0.2, -0.15) is 0 Å². The van der Waals surface area contributed by atoms with E-state index < -0.39 is 5.97 Å². The second-order valence-electron chi connectivity index (χ2n) is 5.93. The van der Waals surface area contributed by atoms with Crippen molar-refractivity contribution in [3.63, 3.8) is 0 Å². The van der Waals surface area contributed by atoms with Crippen LogP contribution in [0.1, 0.15) is 15.9 Å². The zero-order chi connectivity index (χ0) is 19.2. The molecule has 134 valence electrons. The van der Waals surface area contributed by atoms with Crippen molar-refractivity contribution in [1.29, 1.82) is 0 Å². The standard InChI is InChI=1S/C22H18N2O3/c1-24-20-7-3-5-16(12-20)17-9-15(10-18(11-17)22(25)26-2)14-27-21-8-4-6-19(23)13-21/h3-13H,14,23H2,2H3. The molecule has 2 N–H and O–H groups in total. The van der Waals surface area contributed by atoms with Crippen LogP contribution in [0.4, 0.5) is 11.4 Å². The quantitative estimate of drug-likeness (QED) is 0.402. The van der Waals surface area contributed by atoms with Crippen LogP contribution in [-0.2, 0) is 11.3 Å². The average Bonchev–Trinajstić information content (AvgIpc) is 2.71. The number of hydrogen-bond acceptors (Lipinski definition) is 4. The molecule has 3 rings (SSSR count). The molecular weight excluding hydrogens is 340 g/mol. The Bertz CT molecular complexity index is 1020. The number of nitrogens with zero attached hydrogens (tertiary/aromatic N) is 1. The Labute approximate surface area is 157 Å². The zero-order valence-electron chi connectivity index (χ0n) is 14.8. The van der Waals surface area contributed by atoms with Crippen LogP contribution >= 0.6 is 0 Å². The highest BCUT2D eigenvalue weighted by molar-refractivity contribution is 5.91. The third-order valence-electron chi connectivity index (χ3n) is 3.99. The van der Waals surface area contributed by atoms with Crippen molar-refractivity contribution in [2.75, 3.05) is 12.8 Å². The summed E-state index contributed by atoms with van der Waals surface area (Å²) < 4.78 is 10.7. The molecule has 5 nitrogen and oxygen atoms in total. The maximum atomic E-state index is 12.1. The molecule has 0 bridgehead atoms. The van der Waals surface area contributed by atoms with Crippen molar-refractivity contribution < 1.29 is 14.3 Å². The topological polar surface area (TPSA) is 65.9 Å². The van der Waals surface area contributed by atoms with Gasteiger partial charge in [0.25, 0.3) is 0 Å². The summed E-state index contributed by atoms with van der Waals surface area (Å²) in [5.74, 6) is 0.221. The molecule has 0 saturated heterocycles. The second kappa shape index (κ2) is 8.07. The third-order valence-corrected chi connectivity index (χ3v) is 3.99. The lowest BCUT2D eigenvalue weighted by atomic mass is 9.99. The summed E-state index contributed by atoms with van der Waals surface area (Å²) in [6.45, 7) is 7.45. The lowest BCUT2D eigenvalue weighted by Gasteiger charge is -2.11. The minimum absolute atomic E-state index is 0.268. The van der Waals surface area contributed by atoms with Crippen molar-refractivity contribution in [2.45, 2.75) is 6.61 Å². The third kappa shape index (κ3) is 4.44. The van der Waals surface area contributed by atoms with Crippen LogP contribution in [0.15, 0.2) is 66.7 Å². The van der Waals surface area contributed by atoms with Crippen molar-refractivity contribution in [3.05, 3.63) is 89.3 Å². The molecule has 0 saturated carbocycles. The Balaban J connectivity index is 1.95. The fourth-order valence-corrected chi connectivity index (χ4v) is 2.70. The first-order valence-corrected chi connectivity index (χ1v) is 8.27. The average molecular weight is 358 g/mol. The number of nitrogen functional groups attached to an aromatic ring is 1. The van der Waals surface area contributed by atoms with Gasteiger partial charge in [-0.05, 0) is 53.1 Å². The molecule has 5 heteroatoms. The van der Waals surface area contributed by atoms with E-state index in [-0.39, 0.29) is 6.61 Å². The van der Waals surface area contributed by atoms with Crippen molar-refractivity contribution >= 4 is 17.3 Å². The van der Waals surface area contributed by atoms with E-state index in [0.29, 0.717) is 22.7 Å². The molecule has 3 aromatic carbocycles. The molecule has 0 atom stereocenters. The summed E-state index contributed by atoms with van der Waals surface area (Å²) in [6, 6.07) is 19.8. The number of rotatable bonds is 5. The summed E-state index contributed by atoms with van der Waals surface area (Å²) in [5.41, 5.74) is 9.82. The monoisotopic (exact) mass is 358 g/mol. The molecule has 0 aliphatic carbocycles. The number of ether oxygens (including phenoxy) is 2. The Morgan fingerprint density at radius 3 is 2.59 bits per heavy atom. The number of anilines is 1. The van der Waals surface area contributed by atoms with Crippen LogP contribution in [0, 0.1) is 6.57 Å². The molecule has 0 radical (unpaired) electrons. The van der Waals surface area contributed by atoms with Gasteiger partial charge in [0.05, 0.1) is 19.2 Å². The first kappa shape index (κ1) is 18.0. The molecule has 3 aromatic rings. The molecule has 0 amide bonds. The molecule has 0 heterocycles. The predicted molar refractivity (Wildman–Crippen MR) is 105 cm³/mol. The lowest BCUT2D eigenvalue weighted by molar-refractivity contribution is 0.0600. The minimum atomic E-state index is -0.427. The van der Waals surface area contributed by atoms with E-state index in [1.807, 2.05) is 30.3 Å². The van der Waals surface area contributed by atoms with E-state index in [4.69, 9.17) is 21.8 Å². The number of esters is 1. The van der Waals surface area contributed by atoms with Gasteiger partial charge < -0.3 is 15.2 Å². The summed E-state index contributed by atoms with van der Waals surface area (Å²) in [4.78, 5) is 15.5. The van der Waals surface area contributed by atoms with E-state index in [1.165, 1.54) is 7.11 Å². The SMILES string of the molecule is [C-]#[N+]c1cccc(-c2cc(COc3cccc(N)c3)cc(C(=O)OC)c2)c1. The van der Waals surface area contributed by atoms with E-state index in [9.17, 15) is 4.79 Å². The van der Waals surface area contributed by atoms with Gasteiger partial charge in [-0.1, -0.05) is 24.3 Å². The second-order valence-corrected chi connectivity index (χ2v) is 5.93. The number of nitrogens with two attached hydrogens (primary N) is 1. The molecule has 0 unspecified atom stereocenters. The fraction of sp³-hybridized carbons (Fsp3) is 0.0909. The summed E-state index contributed by atoms with van der Waals surface area (Å²) in [5, 5.41) is 0. The van der Waals surface area contributed by atoms with Crippen LogP contribution in [0.2, 0.25) is 0 Å². The normalized spacial score (nSPS) is 10.1. The largest absolute Gasteiger partial charge is 0.489 e. The molecule has 0 fully saturated rings. The fourth-order valence-electron chi connectivity index (χ4n) is 2.70. The van der Waals surface area contributed by atoms with Gasteiger partial charge in [0.15, 0.2) is 5.69 Å². The molecule has 0 aliphatic heterocycles. The van der Waals surface area contributed by atoms with Gasteiger partial charge in [-0.3, -0.25) is 0 Å². The van der Waals surface area contributed by atoms with Crippen molar-refractivity contribution in [2.24, 2.45) is 0 Å². The Hall–Kier alpha value is -3.78. The van der Waals surface area contributed by atoms with Gasteiger partial charge in [-0.25, -0.2) is 9.64 Å². The number of benzene rings is 3. The maximum Gasteiger partial charge on any atom is 0.337 e. The first-order valence-electron chi connectivity index (χ1n) is 8.27. The Morgan fingerprint density at radius 1 is 1.04 bits per heavy atom. The van der Waals surface area contributed by atoms with Crippen LogP contribution in [0.3, 0.4) is 0 Å². The van der Waals surface area contributed by atoms with Gasteiger partial charge in [-0.15, -0.1) is 0 Å². The van der Waals surface area contributed by atoms with E-state index >= 15 is 0 Å².